The predicted molar refractivity (Wildman–Crippen MR) is 67.7 cm³/mol. The Morgan fingerprint density at radius 3 is 2.65 bits per heavy atom. The quantitative estimate of drug-likeness (QED) is 0.788. The molecule has 96 valence electrons. The van der Waals surface area contributed by atoms with Gasteiger partial charge in [-0.2, -0.15) is 0 Å². The number of nitrogens with one attached hydrogen (secondary N) is 1. The summed E-state index contributed by atoms with van der Waals surface area (Å²) in [7, 11) is 5.22. The van der Waals surface area contributed by atoms with E-state index in [1.807, 2.05) is 32.2 Å². The van der Waals surface area contributed by atoms with Gasteiger partial charge < -0.3 is 19.5 Å². The average molecular weight is 239 g/mol. The molecule has 1 aromatic rings. The Labute approximate surface area is 103 Å². The molecule has 0 aliphatic heterocycles. The molecule has 0 aliphatic rings. The Bertz CT molecular complexity index is 341. The van der Waals surface area contributed by atoms with Gasteiger partial charge in [0.1, 0.15) is 6.61 Å². The van der Waals surface area contributed by atoms with E-state index >= 15 is 0 Å². The molecule has 0 amide bonds. The number of hydrogen-bond acceptors (Lipinski definition) is 4. The Kier molecular flexibility index (Phi) is 5.80. The van der Waals surface area contributed by atoms with Gasteiger partial charge in [0.2, 0.25) is 0 Å². The third kappa shape index (κ3) is 3.91. The van der Waals surface area contributed by atoms with Crippen LogP contribution >= 0.6 is 0 Å². The summed E-state index contributed by atoms with van der Waals surface area (Å²) in [5, 5.41) is 3.11. The van der Waals surface area contributed by atoms with E-state index in [1.54, 1.807) is 14.2 Å². The molecular weight excluding hydrogens is 218 g/mol. The molecule has 1 atom stereocenters. The van der Waals surface area contributed by atoms with Crippen LogP contribution in [0.3, 0.4) is 0 Å². The first-order valence-corrected chi connectivity index (χ1v) is 5.69. The van der Waals surface area contributed by atoms with E-state index in [0.29, 0.717) is 6.61 Å². The first kappa shape index (κ1) is 13.8. The lowest BCUT2D eigenvalue weighted by atomic mass is 10.2. The first-order valence-electron chi connectivity index (χ1n) is 5.69. The molecule has 1 rings (SSSR count). The maximum Gasteiger partial charge on any atom is 0.165 e. The summed E-state index contributed by atoms with van der Waals surface area (Å²) in [5.74, 6) is 1.54. The molecule has 0 aromatic heterocycles. The Morgan fingerprint density at radius 2 is 2.06 bits per heavy atom. The second-order valence-corrected chi connectivity index (χ2v) is 3.84. The zero-order valence-corrected chi connectivity index (χ0v) is 10.9. The van der Waals surface area contributed by atoms with E-state index in [2.05, 4.69) is 5.32 Å². The highest BCUT2D eigenvalue weighted by atomic mass is 16.5. The molecule has 0 saturated carbocycles. The minimum atomic E-state index is 0.0577. The lowest BCUT2D eigenvalue weighted by Crippen LogP contribution is -2.17. The number of hydrogen-bond donors (Lipinski definition) is 1. The topological polar surface area (TPSA) is 39.7 Å². The Balaban J connectivity index is 2.84. The van der Waals surface area contributed by atoms with Crippen molar-refractivity contribution in [2.75, 3.05) is 27.9 Å². The van der Waals surface area contributed by atoms with E-state index in [9.17, 15) is 0 Å². The monoisotopic (exact) mass is 239 g/mol. The van der Waals surface area contributed by atoms with Crippen molar-refractivity contribution < 1.29 is 14.2 Å². The molecule has 4 nitrogen and oxygen atoms in total. The van der Waals surface area contributed by atoms with E-state index < -0.39 is 0 Å². The maximum atomic E-state index is 5.77. The molecular formula is C13H21NO3. The zero-order valence-electron chi connectivity index (χ0n) is 10.9. The standard InChI is InChI=1S/C13H21NO3/c1-10(15-3)9-17-13-11(8-14-2)6-5-7-12(13)16-4/h5-7,10,14H,8-9H2,1-4H3. The molecule has 17 heavy (non-hydrogen) atoms. The second-order valence-electron chi connectivity index (χ2n) is 3.84. The molecule has 0 radical (unpaired) electrons. The van der Waals surface area contributed by atoms with Crippen molar-refractivity contribution in [3.8, 4) is 11.5 Å². The summed E-state index contributed by atoms with van der Waals surface area (Å²) in [6, 6.07) is 5.87. The number of para-hydroxylation sites is 1. The molecule has 1 aromatic carbocycles. The summed E-state index contributed by atoms with van der Waals surface area (Å²) in [6.07, 6.45) is 0.0577. The van der Waals surface area contributed by atoms with Gasteiger partial charge in [0, 0.05) is 19.2 Å². The third-order valence-corrected chi connectivity index (χ3v) is 2.51. The minimum Gasteiger partial charge on any atom is -0.493 e. The highest BCUT2D eigenvalue weighted by Crippen LogP contribution is 2.31. The van der Waals surface area contributed by atoms with Gasteiger partial charge in [-0.05, 0) is 20.0 Å². The van der Waals surface area contributed by atoms with E-state index in [1.165, 1.54) is 0 Å². The van der Waals surface area contributed by atoms with Crippen LogP contribution in [0.5, 0.6) is 11.5 Å². The van der Waals surface area contributed by atoms with Gasteiger partial charge in [-0.1, -0.05) is 12.1 Å². The van der Waals surface area contributed by atoms with E-state index in [-0.39, 0.29) is 6.10 Å². The molecule has 1 N–H and O–H groups in total. The van der Waals surface area contributed by atoms with Crippen LogP contribution in [-0.2, 0) is 11.3 Å². The number of ether oxygens (including phenoxy) is 3. The first-order chi connectivity index (χ1) is 8.22. The highest BCUT2D eigenvalue weighted by molar-refractivity contribution is 5.46. The number of benzene rings is 1. The van der Waals surface area contributed by atoms with Crippen molar-refractivity contribution in [3.63, 3.8) is 0 Å². The molecule has 0 spiro atoms. The molecule has 0 bridgehead atoms. The summed E-state index contributed by atoms with van der Waals surface area (Å²) >= 11 is 0. The molecule has 4 heteroatoms. The van der Waals surface area contributed by atoms with Crippen LogP contribution in [0.2, 0.25) is 0 Å². The zero-order chi connectivity index (χ0) is 12.7. The largest absolute Gasteiger partial charge is 0.493 e. The van der Waals surface area contributed by atoms with Crippen molar-refractivity contribution in [1.29, 1.82) is 0 Å². The van der Waals surface area contributed by atoms with Crippen LogP contribution in [0.4, 0.5) is 0 Å². The van der Waals surface area contributed by atoms with Gasteiger partial charge in [-0.15, -0.1) is 0 Å². The SMILES string of the molecule is CNCc1cccc(OC)c1OCC(C)OC. The lowest BCUT2D eigenvalue weighted by molar-refractivity contribution is 0.0702. The molecule has 0 aliphatic carbocycles. The normalized spacial score (nSPS) is 12.2. The van der Waals surface area contributed by atoms with Crippen LogP contribution < -0.4 is 14.8 Å². The van der Waals surface area contributed by atoms with Crippen molar-refractivity contribution in [2.24, 2.45) is 0 Å². The van der Waals surface area contributed by atoms with Crippen molar-refractivity contribution >= 4 is 0 Å². The van der Waals surface area contributed by atoms with Crippen molar-refractivity contribution in [1.82, 2.24) is 5.32 Å². The van der Waals surface area contributed by atoms with Crippen molar-refractivity contribution in [3.05, 3.63) is 23.8 Å². The summed E-state index contributed by atoms with van der Waals surface area (Å²) in [4.78, 5) is 0. The highest BCUT2D eigenvalue weighted by Gasteiger charge is 2.11. The van der Waals surface area contributed by atoms with Gasteiger partial charge in [0.25, 0.3) is 0 Å². The summed E-state index contributed by atoms with van der Waals surface area (Å²) < 4.78 is 16.2. The fraction of sp³-hybridized carbons (Fsp3) is 0.538. The predicted octanol–water partition coefficient (Wildman–Crippen LogP) is 1.83. The molecule has 0 fully saturated rings. The fourth-order valence-corrected chi connectivity index (χ4v) is 1.48. The van der Waals surface area contributed by atoms with Gasteiger partial charge in [0.05, 0.1) is 13.2 Å². The smallest absolute Gasteiger partial charge is 0.165 e. The minimum absolute atomic E-state index is 0.0577. The second kappa shape index (κ2) is 7.14. The molecule has 0 saturated heterocycles. The van der Waals surface area contributed by atoms with E-state index in [4.69, 9.17) is 14.2 Å². The number of methoxy groups -OCH3 is 2. The Morgan fingerprint density at radius 1 is 1.29 bits per heavy atom. The van der Waals surface area contributed by atoms with Crippen LogP contribution in [-0.4, -0.2) is 34.0 Å². The lowest BCUT2D eigenvalue weighted by Gasteiger charge is -2.17. The van der Waals surface area contributed by atoms with Crippen LogP contribution in [0, 0.1) is 0 Å². The maximum absolute atomic E-state index is 5.77. The van der Waals surface area contributed by atoms with Gasteiger partial charge in [-0.3, -0.25) is 0 Å². The van der Waals surface area contributed by atoms with Crippen LogP contribution in [0.1, 0.15) is 12.5 Å². The molecule has 0 heterocycles. The van der Waals surface area contributed by atoms with Gasteiger partial charge in [-0.25, -0.2) is 0 Å². The van der Waals surface area contributed by atoms with Gasteiger partial charge >= 0.3 is 0 Å². The van der Waals surface area contributed by atoms with E-state index in [0.717, 1.165) is 23.6 Å². The Hall–Kier alpha value is -1.26. The summed E-state index contributed by atoms with van der Waals surface area (Å²) in [6.45, 7) is 3.22. The third-order valence-electron chi connectivity index (χ3n) is 2.51. The van der Waals surface area contributed by atoms with Crippen LogP contribution in [0.15, 0.2) is 18.2 Å². The summed E-state index contributed by atoms with van der Waals surface area (Å²) in [5.41, 5.74) is 1.08. The van der Waals surface area contributed by atoms with Crippen LogP contribution in [0.25, 0.3) is 0 Å². The van der Waals surface area contributed by atoms with Gasteiger partial charge in [0.15, 0.2) is 11.5 Å². The van der Waals surface area contributed by atoms with Crippen molar-refractivity contribution in [2.45, 2.75) is 19.6 Å². The molecule has 1 unspecified atom stereocenters. The number of rotatable bonds is 7. The average Bonchev–Trinajstić information content (AvgIpc) is 2.36. The fourth-order valence-electron chi connectivity index (χ4n) is 1.48.